The van der Waals surface area contributed by atoms with Crippen LogP contribution in [0.2, 0.25) is 0 Å². The van der Waals surface area contributed by atoms with Gasteiger partial charge in [-0.25, -0.2) is 8.42 Å². The molecular weight excluding hydrogens is 448 g/mol. The minimum Gasteiger partial charge on any atom is -0.492 e. The maximum atomic E-state index is 13.4. The van der Waals surface area contributed by atoms with E-state index < -0.39 is 15.9 Å². The van der Waals surface area contributed by atoms with Gasteiger partial charge in [-0.05, 0) is 67.3 Å². The van der Waals surface area contributed by atoms with Crippen LogP contribution in [0.1, 0.15) is 30.0 Å². The minimum absolute atomic E-state index is 0.138. The summed E-state index contributed by atoms with van der Waals surface area (Å²) < 4.78 is 33.8. The number of carbonyl (C=O) groups is 1. The van der Waals surface area contributed by atoms with Crippen molar-refractivity contribution in [2.24, 2.45) is 0 Å². The molecule has 1 amide bonds. The average Bonchev–Trinajstić information content (AvgIpc) is 2.83. The lowest BCUT2D eigenvalue weighted by molar-refractivity contribution is -0.119. The first-order chi connectivity index (χ1) is 16.3. The lowest BCUT2D eigenvalue weighted by atomic mass is 10.1. The van der Waals surface area contributed by atoms with Crippen molar-refractivity contribution in [3.8, 4) is 5.75 Å². The molecule has 0 aliphatic heterocycles. The smallest absolute Gasteiger partial charge is 0.264 e. The van der Waals surface area contributed by atoms with Crippen molar-refractivity contribution in [3.05, 3.63) is 89.5 Å². The Balaban J connectivity index is 1.67. The number of sulfonamides is 1. The summed E-state index contributed by atoms with van der Waals surface area (Å²) in [5, 5.41) is 2.77. The highest BCUT2D eigenvalue weighted by atomic mass is 32.2. The molecule has 0 fully saturated rings. The third-order valence-corrected chi connectivity index (χ3v) is 7.18. The standard InChI is InChI=1S/C27H32N2O4S/c1-4-8-23-13-15-24(16-14-23)33-18-17-28-27(30)20-29(26-19-21(2)11-12-22(26)3)34(31,32)25-9-6-5-7-10-25/h5-7,9-16,19H,4,8,17-18,20H2,1-3H3,(H,28,30). The topological polar surface area (TPSA) is 75.7 Å². The zero-order valence-corrected chi connectivity index (χ0v) is 20.8. The van der Waals surface area contributed by atoms with Crippen LogP contribution in [-0.2, 0) is 21.2 Å². The Morgan fingerprint density at radius 1 is 0.971 bits per heavy atom. The van der Waals surface area contributed by atoms with Crippen molar-refractivity contribution >= 4 is 21.6 Å². The van der Waals surface area contributed by atoms with Crippen molar-refractivity contribution in [1.82, 2.24) is 5.32 Å². The van der Waals surface area contributed by atoms with Gasteiger partial charge in [-0.1, -0.05) is 55.8 Å². The lowest BCUT2D eigenvalue weighted by Crippen LogP contribution is -2.42. The molecule has 3 aromatic rings. The molecule has 0 saturated heterocycles. The maximum Gasteiger partial charge on any atom is 0.264 e. The molecule has 34 heavy (non-hydrogen) atoms. The fraction of sp³-hybridized carbons (Fsp3) is 0.296. The molecule has 0 aliphatic carbocycles. The van der Waals surface area contributed by atoms with Gasteiger partial charge in [0.25, 0.3) is 10.0 Å². The Labute approximate surface area is 202 Å². The van der Waals surface area contributed by atoms with Crippen molar-refractivity contribution in [2.75, 3.05) is 24.0 Å². The highest BCUT2D eigenvalue weighted by Crippen LogP contribution is 2.27. The third-order valence-electron chi connectivity index (χ3n) is 5.41. The second-order valence-electron chi connectivity index (χ2n) is 8.21. The number of rotatable bonds is 11. The molecule has 0 aromatic heterocycles. The molecule has 3 rings (SSSR count). The highest BCUT2D eigenvalue weighted by Gasteiger charge is 2.28. The second kappa shape index (κ2) is 11.7. The number of anilines is 1. The highest BCUT2D eigenvalue weighted by molar-refractivity contribution is 7.92. The molecule has 180 valence electrons. The monoisotopic (exact) mass is 480 g/mol. The van der Waals surface area contributed by atoms with Crippen molar-refractivity contribution < 1.29 is 17.9 Å². The van der Waals surface area contributed by atoms with E-state index in [1.165, 1.54) is 22.0 Å². The van der Waals surface area contributed by atoms with Crippen LogP contribution in [0.4, 0.5) is 5.69 Å². The van der Waals surface area contributed by atoms with E-state index in [2.05, 4.69) is 12.2 Å². The largest absolute Gasteiger partial charge is 0.492 e. The number of amides is 1. The Kier molecular flexibility index (Phi) is 8.71. The molecule has 0 unspecified atom stereocenters. The van der Waals surface area contributed by atoms with Gasteiger partial charge in [0.1, 0.15) is 18.9 Å². The van der Waals surface area contributed by atoms with Crippen LogP contribution in [0.3, 0.4) is 0 Å². The predicted molar refractivity (Wildman–Crippen MR) is 136 cm³/mol. The molecule has 6 nitrogen and oxygen atoms in total. The Hall–Kier alpha value is -3.32. The van der Waals surface area contributed by atoms with E-state index in [0.29, 0.717) is 5.69 Å². The number of carbonyl (C=O) groups excluding carboxylic acids is 1. The first-order valence-corrected chi connectivity index (χ1v) is 12.9. The normalized spacial score (nSPS) is 11.1. The Morgan fingerprint density at radius 3 is 2.35 bits per heavy atom. The van der Waals surface area contributed by atoms with Crippen LogP contribution >= 0.6 is 0 Å². The summed E-state index contributed by atoms with van der Waals surface area (Å²) in [5.41, 5.74) is 3.43. The lowest BCUT2D eigenvalue weighted by Gasteiger charge is -2.26. The summed E-state index contributed by atoms with van der Waals surface area (Å²) >= 11 is 0. The van der Waals surface area contributed by atoms with E-state index in [1.807, 2.05) is 50.2 Å². The van der Waals surface area contributed by atoms with Crippen LogP contribution in [0, 0.1) is 13.8 Å². The van der Waals surface area contributed by atoms with E-state index in [4.69, 9.17) is 4.74 Å². The molecular formula is C27H32N2O4S. The minimum atomic E-state index is -3.93. The molecule has 0 heterocycles. The van der Waals surface area contributed by atoms with Crippen molar-refractivity contribution in [3.63, 3.8) is 0 Å². The van der Waals surface area contributed by atoms with Crippen LogP contribution in [0.15, 0.2) is 77.7 Å². The van der Waals surface area contributed by atoms with Gasteiger partial charge in [0.15, 0.2) is 0 Å². The van der Waals surface area contributed by atoms with Gasteiger partial charge in [-0.3, -0.25) is 9.10 Å². The van der Waals surface area contributed by atoms with Crippen LogP contribution in [-0.4, -0.2) is 34.0 Å². The first kappa shape index (κ1) is 25.3. The SMILES string of the molecule is CCCc1ccc(OCCNC(=O)CN(c2cc(C)ccc2C)S(=O)(=O)c2ccccc2)cc1. The Bertz CT molecular complexity index is 1190. The molecule has 0 aliphatic rings. The molecule has 0 radical (unpaired) electrons. The molecule has 0 atom stereocenters. The molecule has 1 N–H and O–H groups in total. The predicted octanol–water partition coefficient (Wildman–Crippen LogP) is 4.65. The Morgan fingerprint density at radius 2 is 1.68 bits per heavy atom. The van der Waals surface area contributed by atoms with Crippen LogP contribution in [0.5, 0.6) is 5.75 Å². The molecule has 7 heteroatoms. The number of nitrogens with zero attached hydrogens (tertiary/aromatic N) is 1. The zero-order chi connectivity index (χ0) is 24.6. The van der Waals surface area contributed by atoms with E-state index in [0.717, 1.165) is 29.7 Å². The summed E-state index contributed by atoms with van der Waals surface area (Å²) in [6.07, 6.45) is 2.12. The average molecular weight is 481 g/mol. The van der Waals surface area contributed by atoms with Gasteiger partial charge in [0.2, 0.25) is 5.91 Å². The summed E-state index contributed by atoms with van der Waals surface area (Å²) in [5.74, 6) is 0.333. The van der Waals surface area contributed by atoms with Gasteiger partial charge < -0.3 is 10.1 Å². The number of benzene rings is 3. The van der Waals surface area contributed by atoms with Crippen molar-refractivity contribution in [1.29, 1.82) is 0 Å². The molecule has 0 bridgehead atoms. The number of ether oxygens (including phenoxy) is 1. The number of aryl methyl sites for hydroxylation is 3. The van der Waals surface area contributed by atoms with Gasteiger partial charge in [-0.15, -0.1) is 0 Å². The number of hydrogen-bond acceptors (Lipinski definition) is 4. The summed E-state index contributed by atoms with van der Waals surface area (Å²) in [7, 11) is -3.93. The first-order valence-electron chi connectivity index (χ1n) is 11.4. The molecule has 0 saturated carbocycles. The fourth-order valence-electron chi connectivity index (χ4n) is 3.59. The van der Waals surface area contributed by atoms with Crippen LogP contribution in [0.25, 0.3) is 0 Å². The van der Waals surface area contributed by atoms with E-state index >= 15 is 0 Å². The fourth-order valence-corrected chi connectivity index (χ4v) is 5.09. The summed E-state index contributed by atoms with van der Waals surface area (Å²) in [4.78, 5) is 12.9. The summed E-state index contributed by atoms with van der Waals surface area (Å²) in [6, 6.07) is 21.6. The van der Waals surface area contributed by atoms with Gasteiger partial charge in [0, 0.05) is 0 Å². The van der Waals surface area contributed by atoms with E-state index in [1.54, 1.807) is 24.3 Å². The zero-order valence-electron chi connectivity index (χ0n) is 20.0. The van der Waals surface area contributed by atoms with Gasteiger partial charge in [0.05, 0.1) is 17.1 Å². The number of hydrogen-bond donors (Lipinski definition) is 1. The maximum absolute atomic E-state index is 13.4. The van der Waals surface area contributed by atoms with Crippen molar-refractivity contribution in [2.45, 2.75) is 38.5 Å². The number of nitrogens with one attached hydrogen (secondary N) is 1. The molecule has 3 aromatic carbocycles. The van der Waals surface area contributed by atoms with Crippen LogP contribution < -0.4 is 14.4 Å². The van der Waals surface area contributed by atoms with E-state index in [-0.39, 0.29) is 24.6 Å². The van der Waals surface area contributed by atoms with E-state index in [9.17, 15) is 13.2 Å². The second-order valence-corrected chi connectivity index (χ2v) is 10.1. The molecule has 0 spiro atoms. The van der Waals surface area contributed by atoms with Gasteiger partial charge in [-0.2, -0.15) is 0 Å². The third kappa shape index (κ3) is 6.60. The summed E-state index contributed by atoms with van der Waals surface area (Å²) in [6.45, 7) is 6.09. The quantitative estimate of drug-likeness (QED) is 0.406. The van der Waals surface area contributed by atoms with Gasteiger partial charge >= 0.3 is 0 Å².